The van der Waals surface area contributed by atoms with Gasteiger partial charge in [0.1, 0.15) is 0 Å². The Morgan fingerprint density at radius 1 is 1.50 bits per heavy atom. The predicted molar refractivity (Wildman–Crippen MR) is 33.2 cm³/mol. The van der Waals surface area contributed by atoms with E-state index in [0.29, 0.717) is 0 Å². The van der Waals surface area contributed by atoms with Crippen LogP contribution in [0.5, 0.6) is 0 Å². The molecule has 0 atom stereocenters. The molecule has 0 N–H and O–H groups in total. The summed E-state index contributed by atoms with van der Waals surface area (Å²) < 4.78 is 0. The summed E-state index contributed by atoms with van der Waals surface area (Å²) in [6, 6.07) is 0. The van der Waals surface area contributed by atoms with Gasteiger partial charge in [-0.15, -0.1) is 0 Å². The minimum Gasteiger partial charge on any atom is -0.0955 e. The van der Waals surface area contributed by atoms with Crippen molar-refractivity contribution in [2.75, 3.05) is 0 Å². The molecule has 2 rings (SSSR count). The SMILES string of the molecule is C=C1C=C2[C]C2=CC1. The van der Waals surface area contributed by atoms with Crippen molar-refractivity contribution in [2.24, 2.45) is 0 Å². The fourth-order valence-corrected chi connectivity index (χ4v) is 0.885. The van der Waals surface area contributed by atoms with Gasteiger partial charge in [0.05, 0.1) is 6.42 Å². The second-order valence-electron chi connectivity index (χ2n) is 2.16. The number of hydrogen-bond acceptors (Lipinski definition) is 0. The molecule has 2 aliphatic rings. The lowest BCUT2D eigenvalue weighted by Gasteiger charge is -1.93. The van der Waals surface area contributed by atoms with E-state index in [1.54, 1.807) is 0 Å². The van der Waals surface area contributed by atoms with Crippen LogP contribution >= 0.6 is 0 Å². The topological polar surface area (TPSA) is 0 Å². The maximum atomic E-state index is 3.83. The Morgan fingerprint density at radius 3 is 3.00 bits per heavy atom. The summed E-state index contributed by atoms with van der Waals surface area (Å²) in [5, 5.41) is 0. The van der Waals surface area contributed by atoms with E-state index in [2.05, 4.69) is 25.2 Å². The van der Waals surface area contributed by atoms with Crippen LogP contribution in [0.3, 0.4) is 0 Å². The Labute approximate surface area is 49.2 Å². The average molecular weight is 102 g/mol. The van der Waals surface area contributed by atoms with Gasteiger partial charge in [-0.1, -0.05) is 24.3 Å². The summed E-state index contributed by atoms with van der Waals surface area (Å²) in [4.78, 5) is 0. The van der Waals surface area contributed by atoms with Crippen molar-refractivity contribution in [1.82, 2.24) is 0 Å². The molecule has 0 heteroatoms. The zero-order valence-electron chi connectivity index (χ0n) is 4.57. The molecule has 8 heavy (non-hydrogen) atoms. The van der Waals surface area contributed by atoms with Gasteiger partial charge >= 0.3 is 0 Å². The van der Waals surface area contributed by atoms with E-state index in [0.717, 1.165) is 6.42 Å². The molecule has 0 aromatic rings. The van der Waals surface area contributed by atoms with Crippen molar-refractivity contribution in [2.45, 2.75) is 6.42 Å². The number of allylic oxidation sites excluding steroid dienone is 5. The second kappa shape index (κ2) is 1.13. The molecule has 2 radical (unpaired) electrons. The van der Waals surface area contributed by atoms with Crippen LogP contribution in [-0.2, 0) is 0 Å². The molecule has 1 fully saturated rings. The third-order valence-electron chi connectivity index (χ3n) is 1.41. The Hall–Kier alpha value is -0.780. The van der Waals surface area contributed by atoms with Crippen LogP contribution in [0, 0.1) is 6.42 Å². The highest BCUT2D eigenvalue weighted by Crippen LogP contribution is 2.39. The first-order valence-electron chi connectivity index (χ1n) is 2.73. The predicted octanol–water partition coefficient (Wildman–Crippen LogP) is 1.89. The van der Waals surface area contributed by atoms with Gasteiger partial charge in [-0.2, -0.15) is 0 Å². The first kappa shape index (κ1) is 4.13. The molecular formula is C8H6. The molecule has 0 saturated heterocycles. The first-order chi connectivity index (χ1) is 3.86. The molecule has 0 unspecified atom stereocenters. The second-order valence-corrected chi connectivity index (χ2v) is 2.16. The largest absolute Gasteiger partial charge is 0.0955 e. The van der Waals surface area contributed by atoms with Gasteiger partial charge in [0, 0.05) is 0 Å². The smallest absolute Gasteiger partial charge is 0.0505 e. The van der Waals surface area contributed by atoms with E-state index in [9.17, 15) is 0 Å². The lowest BCUT2D eigenvalue weighted by Crippen LogP contribution is -1.74. The molecular weight excluding hydrogens is 96.1 g/mol. The highest BCUT2D eigenvalue weighted by atomic mass is 14.3. The van der Waals surface area contributed by atoms with Gasteiger partial charge in [-0.05, 0) is 17.6 Å². The lowest BCUT2D eigenvalue weighted by atomic mass is 10.1. The summed E-state index contributed by atoms with van der Waals surface area (Å²) in [7, 11) is 0. The van der Waals surface area contributed by atoms with Crippen LogP contribution in [0.15, 0.2) is 35.5 Å². The molecule has 0 bridgehead atoms. The summed E-state index contributed by atoms with van der Waals surface area (Å²) in [5.41, 5.74) is 3.77. The Balaban J connectivity index is 2.42. The molecule has 0 aromatic carbocycles. The van der Waals surface area contributed by atoms with Gasteiger partial charge in [-0.25, -0.2) is 0 Å². The van der Waals surface area contributed by atoms with Crippen molar-refractivity contribution < 1.29 is 0 Å². The van der Waals surface area contributed by atoms with Crippen LogP contribution in [0.1, 0.15) is 6.42 Å². The summed E-state index contributed by atoms with van der Waals surface area (Å²) in [6.07, 6.45) is 8.40. The average Bonchev–Trinajstić information content (AvgIpc) is 2.43. The Morgan fingerprint density at radius 2 is 2.38 bits per heavy atom. The highest BCUT2D eigenvalue weighted by molar-refractivity contribution is 5.68. The molecule has 2 aliphatic carbocycles. The van der Waals surface area contributed by atoms with Crippen molar-refractivity contribution in [3.8, 4) is 0 Å². The van der Waals surface area contributed by atoms with Crippen LogP contribution in [-0.4, -0.2) is 0 Å². The van der Waals surface area contributed by atoms with E-state index in [-0.39, 0.29) is 0 Å². The zero-order valence-corrected chi connectivity index (χ0v) is 4.57. The standard InChI is InChI=1S/C8H6/c1-6-2-3-7-5-8(7)4-6/h3-4H,1-2H2. The van der Waals surface area contributed by atoms with Gasteiger partial charge in [0.2, 0.25) is 0 Å². The fourth-order valence-electron chi connectivity index (χ4n) is 0.885. The van der Waals surface area contributed by atoms with Crippen molar-refractivity contribution >= 4 is 0 Å². The number of hydrogen-bond donors (Lipinski definition) is 0. The number of rotatable bonds is 0. The van der Waals surface area contributed by atoms with Crippen LogP contribution in [0.25, 0.3) is 0 Å². The summed E-state index contributed by atoms with van der Waals surface area (Å²) in [5.74, 6) is 0. The molecule has 0 spiro atoms. The van der Waals surface area contributed by atoms with Gasteiger partial charge in [-0.3, -0.25) is 0 Å². The monoisotopic (exact) mass is 102 g/mol. The molecule has 0 aromatic heterocycles. The summed E-state index contributed by atoms with van der Waals surface area (Å²) >= 11 is 0. The van der Waals surface area contributed by atoms with Crippen LogP contribution in [0.4, 0.5) is 0 Å². The minimum absolute atomic E-state index is 1.02. The van der Waals surface area contributed by atoms with Crippen LogP contribution in [0.2, 0.25) is 0 Å². The Bertz CT molecular complexity index is 204. The van der Waals surface area contributed by atoms with Crippen LogP contribution < -0.4 is 0 Å². The van der Waals surface area contributed by atoms with E-state index >= 15 is 0 Å². The molecule has 0 aliphatic heterocycles. The van der Waals surface area contributed by atoms with Gasteiger partial charge in [0.15, 0.2) is 0 Å². The Kier molecular flexibility index (Phi) is 0.587. The first-order valence-corrected chi connectivity index (χ1v) is 2.73. The fraction of sp³-hybridized carbons (Fsp3) is 0.125. The maximum absolute atomic E-state index is 3.83. The molecule has 1 saturated carbocycles. The van der Waals surface area contributed by atoms with Crippen molar-refractivity contribution in [1.29, 1.82) is 0 Å². The maximum Gasteiger partial charge on any atom is 0.0505 e. The number of fused-ring (bicyclic) bond motifs is 1. The van der Waals surface area contributed by atoms with E-state index in [1.165, 1.54) is 16.7 Å². The van der Waals surface area contributed by atoms with Gasteiger partial charge < -0.3 is 0 Å². The van der Waals surface area contributed by atoms with E-state index < -0.39 is 0 Å². The minimum atomic E-state index is 1.02. The molecule has 38 valence electrons. The third kappa shape index (κ3) is 0.460. The highest BCUT2D eigenvalue weighted by Gasteiger charge is 2.24. The summed E-state index contributed by atoms with van der Waals surface area (Å²) in [6.45, 7) is 3.83. The van der Waals surface area contributed by atoms with E-state index in [4.69, 9.17) is 0 Å². The molecule has 0 nitrogen and oxygen atoms in total. The van der Waals surface area contributed by atoms with Crippen molar-refractivity contribution in [3.05, 3.63) is 41.9 Å². The quantitative estimate of drug-likeness (QED) is 0.438. The lowest BCUT2D eigenvalue weighted by molar-refractivity contribution is 1.28. The molecule has 0 amide bonds. The third-order valence-corrected chi connectivity index (χ3v) is 1.41. The van der Waals surface area contributed by atoms with Gasteiger partial charge in [0.25, 0.3) is 0 Å². The zero-order chi connectivity index (χ0) is 5.56. The normalized spacial score (nSPS) is 23.8. The van der Waals surface area contributed by atoms with Crippen molar-refractivity contribution in [3.63, 3.8) is 0 Å². The van der Waals surface area contributed by atoms with E-state index in [1.807, 2.05) is 0 Å². The molecule has 0 heterocycles.